The number of methoxy groups -OCH3 is 3. The first kappa shape index (κ1) is 17.5. The smallest absolute Gasteiger partial charge is 0.201 e. The lowest BCUT2D eigenvalue weighted by Crippen LogP contribution is -2.09. The first-order valence-corrected chi connectivity index (χ1v) is 8.68. The fourth-order valence-electron chi connectivity index (χ4n) is 4.30. The zero-order valence-electron chi connectivity index (χ0n) is 15.5. The molecule has 2 aromatic rings. The highest BCUT2D eigenvalue weighted by Crippen LogP contribution is 2.58. The van der Waals surface area contributed by atoms with Gasteiger partial charge in [0, 0.05) is 11.5 Å². The summed E-state index contributed by atoms with van der Waals surface area (Å²) in [5.41, 5.74) is 3.49. The molecule has 0 bridgehead atoms. The van der Waals surface area contributed by atoms with Crippen LogP contribution < -0.4 is 14.2 Å². The molecule has 1 N–H and O–H groups in total. The molecule has 0 unspecified atom stereocenters. The summed E-state index contributed by atoms with van der Waals surface area (Å²) in [6.45, 7) is 4.47. The Morgan fingerprint density at radius 3 is 2.20 bits per heavy atom. The summed E-state index contributed by atoms with van der Waals surface area (Å²) in [5.74, 6) is 2.86. The summed E-state index contributed by atoms with van der Waals surface area (Å²) >= 11 is 0. The predicted octanol–water partition coefficient (Wildman–Crippen LogP) is 4.69. The zero-order valence-corrected chi connectivity index (χ0v) is 15.5. The Hall–Kier alpha value is -2.36. The average molecular weight is 342 g/mol. The normalized spacial score (nSPS) is 21.7. The zero-order chi connectivity index (χ0) is 18.1. The van der Waals surface area contributed by atoms with Gasteiger partial charge < -0.3 is 19.3 Å². The van der Waals surface area contributed by atoms with E-state index >= 15 is 0 Å². The maximum atomic E-state index is 10.6. The molecular weight excluding hydrogens is 316 g/mol. The summed E-state index contributed by atoms with van der Waals surface area (Å²) in [4.78, 5) is 0. The minimum Gasteiger partial charge on any atom is -0.502 e. The molecule has 134 valence electrons. The van der Waals surface area contributed by atoms with E-state index in [4.69, 9.17) is 14.2 Å². The lowest BCUT2D eigenvalue weighted by molar-refractivity contribution is 0.336. The second kappa shape index (κ2) is 6.87. The third kappa shape index (κ3) is 2.70. The maximum Gasteiger partial charge on any atom is 0.201 e. The number of rotatable bonds is 5. The molecule has 0 aromatic heterocycles. The van der Waals surface area contributed by atoms with Crippen LogP contribution in [0.5, 0.6) is 23.0 Å². The van der Waals surface area contributed by atoms with E-state index < -0.39 is 0 Å². The Morgan fingerprint density at radius 1 is 1.00 bits per heavy atom. The van der Waals surface area contributed by atoms with Gasteiger partial charge in [-0.2, -0.15) is 0 Å². The van der Waals surface area contributed by atoms with Gasteiger partial charge in [0.2, 0.25) is 5.75 Å². The number of aromatic hydroxyl groups is 1. The summed E-state index contributed by atoms with van der Waals surface area (Å²) in [5, 5.41) is 10.6. The first-order valence-electron chi connectivity index (χ1n) is 8.68. The summed E-state index contributed by atoms with van der Waals surface area (Å²) in [7, 11) is 4.84. The molecular formula is C21H26O4. The Bertz CT molecular complexity index is 751. The third-order valence-electron chi connectivity index (χ3n) is 5.50. The van der Waals surface area contributed by atoms with E-state index in [9.17, 15) is 5.11 Å². The Balaban J connectivity index is 2.21. The predicted molar refractivity (Wildman–Crippen MR) is 98.2 cm³/mol. The lowest BCUT2D eigenvalue weighted by atomic mass is 9.83. The molecule has 0 saturated carbocycles. The Labute approximate surface area is 149 Å². The summed E-state index contributed by atoms with van der Waals surface area (Å²) in [6.07, 6.45) is 1.03. The van der Waals surface area contributed by atoms with Gasteiger partial charge in [0.15, 0.2) is 11.5 Å². The molecule has 2 aromatic carbocycles. The molecule has 0 fully saturated rings. The van der Waals surface area contributed by atoms with Gasteiger partial charge in [-0.15, -0.1) is 0 Å². The molecule has 0 radical (unpaired) electrons. The van der Waals surface area contributed by atoms with Crippen molar-refractivity contribution in [2.45, 2.75) is 32.1 Å². The van der Waals surface area contributed by atoms with Gasteiger partial charge in [0.1, 0.15) is 5.75 Å². The number of hydrogen-bond acceptors (Lipinski definition) is 4. The van der Waals surface area contributed by atoms with Gasteiger partial charge in [-0.25, -0.2) is 0 Å². The molecule has 4 nitrogen and oxygen atoms in total. The number of phenols is 1. The van der Waals surface area contributed by atoms with Crippen molar-refractivity contribution in [2.75, 3.05) is 21.3 Å². The van der Waals surface area contributed by atoms with Crippen molar-refractivity contribution in [3.05, 3.63) is 47.0 Å². The molecule has 3 atom stereocenters. The molecule has 25 heavy (non-hydrogen) atoms. The topological polar surface area (TPSA) is 47.9 Å². The van der Waals surface area contributed by atoms with E-state index in [1.807, 2.05) is 18.2 Å². The van der Waals surface area contributed by atoms with Crippen LogP contribution in [0.15, 0.2) is 30.3 Å². The third-order valence-corrected chi connectivity index (χ3v) is 5.50. The average Bonchev–Trinajstić information content (AvgIpc) is 2.92. The van der Waals surface area contributed by atoms with Crippen LogP contribution in [0.3, 0.4) is 0 Å². The number of ether oxygens (including phenoxy) is 3. The molecule has 4 heteroatoms. The quantitative estimate of drug-likeness (QED) is 0.856. The van der Waals surface area contributed by atoms with Crippen molar-refractivity contribution < 1.29 is 19.3 Å². The fourth-order valence-corrected chi connectivity index (χ4v) is 4.30. The van der Waals surface area contributed by atoms with Crippen LogP contribution >= 0.6 is 0 Å². The van der Waals surface area contributed by atoms with Crippen molar-refractivity contribution in [1.29, 1.82) is 0 Å². The Kier molecular flexibility index (Phi) is 4.80. The fraction of sp³-hybridized carbons (Fsp3) is 0.429. The SMILES string of the molecule is CC[C@H]1c2cc(OC)c(O)c(OC)c2[C@H](c2ccc(OC)cc2)[C@H]1C. The lowest BCUT2D eigenvalue weighted by Gasteiger charge is -2.22. The molecule has 0 heterocycles. The molecule has 0 aliphatic heterocycles. The summed E-state index contributed by atoms with van der Waals surface area (Å²) < 4.78 is 16.3. The van der Waals surface area contributed by atoms with Crippen LogP contribution in [-0.4, -0.2) is 26.4 Å². The van der Waals surface area contributed by atoms with Crippen molar-refractivity contribution in [1.82, 2.24) is 0 Å². The van der Waals surface area contributed by atoms with E-state index in [-0.39, 0.29) is 11.7 Å². The van der Waals surface area contributed by atoms with E-state index in [1.54, 1.807) is 21.3 Å². The monoisotopic (exact) mass is 342 g/mol. The highest BCUT2D eigenvalue weighted by atomic mass is 16.5. The molecule has 1 aliphatic carbocycles. The molecule has 0 spiro atoms. The van der Waals surface area contributed by atoms with Gasteiger partial charge in [-0.3, -0.25) is 0 Å². The van der Waals surface area contributed by atoms with E-state index in [2.05, 4.69) is 26.0 Å². The van der Waals surface area contributed by atoms with Crippen LogP contribution in [0.1, 0.15) is 48.8 Å². The Morgan fingerprint density at radius 2 is 1.68 bits per heavy atom. The van der Waals surface area contributed by atoms with Crippen LogP contribution in [0.25, 0.3) is 0 Å². The van der Waals surface area contributed by atoms with E-state index in [0.717, 1.165) is 17.7 Å². The number of fused-ring (bicyclic) bond motifs is 1. The van der Waals surface area contributed by atoms with Crippen molar-refractivity contribution >= 4 is 0 Å². The van der Waals surface area contributed by atoms with Gasteiger partial charge in [-0.05, 0) is 47.6 Å². The molecule has 0 saturated heterocycles. The number of hydrogen-bond donors (Lipinski definition) is 1. The summed E-state index contributed by atoms with van der Waals surface area (Å²) in [6, 6.07) is 10.1. The molecule has 3 rings (SSSR count). The minimum absolute atomic E-state index is 0.0752. The van der Waals surface area contributed by atoms with Gasteiger partial charge in [0.25, 0.3) is 0 Å². The first-order chi connectivity index (χ1) is 12.1. The van der Waals surface area contributed by atoms with Gasteiger partial charge in [-0.1, -0.05) is 26.0 Å². The maximum absolute atomic E-state index is 10.6. The van der Waals surface area contributed by atoms with Gasteiger partial charge >= 0.3 is 0 Å². The van der Waals surface area contributed by atoms with E-state index in [1.165, 1.54) is 11.1 Å². The highest BCUT2D eigenvalue weighted by molar-refractivity contribution is 5.64. The molecule has 0 amide bonds. The number of phenolic OH excluding ortho intramolecular Hbond substituents is 1. The van der Waals surface area contributed by atoms with Crippen LogP contribution in [0.4, 0.5) is 0 Å². The molecule has 1 aliphatic rings. The highest BCUT2D eigenvalue weighted by Gasteiger charge is 2.41. The van der Waals surface area contributed by atoms with Crippen molar-refractivity contribution in [3.63, 3.8) is 0 Å². The second-order valence-electron chi connectivity index (χ2n) is 6.59. The number of benzene rings is 2. The largest absolute Gasteiger partial charge is 0.502 e. The second-order valence-corrected chi connectivity index (χ2v) is 6.59. The van der Waals surface area contributed by atoms with E-state index in [0.29, 0.717) is 23.3 Å². The minimum atomic E-state index is 0.0752. The van der Waals surface area contributed by atoms with Gasteiger partial charge in [0.05, 0.1) is 21.3 Å². The van der Waals surface area contributed by atoms with Crippen LogP contribution in [0.2, 0.25) is 0 Å². The van der Waals surface area contributed by atoms with Crippen molar-refractivity contribution in [3.8, 4) is 23.0 Å². The standard InChI is InChI=1S/C21H26O4/c1-6-15-12(2)18(13-7-9-14(23-3)10-8-13)19-16(15)11-17(24-4)20(22)21(19)25-5/h7-12,15,18,22H,6H2,1-5H3/t12-,15+,18-/m0/s1. The van der Waals surface area contributed by atoms with Crippen LogP contribution in [0, 0.1) is 5.92 Å². The van der Waals surface area contributed by atoms with Crippen LogP contribution in [-0.2, 0) is 0 Å². The van der Waals surface area contributed by atoms with Crippen molar-refractivity contribution in [2.24, 2.45) is 5.92 Å².